The Kier molecular flexibility index (Phi) is 7.32. The van der Waals surface area contributed by atoms with Gasteiger partial charge in [0, 0.05) is 0 Å². The Morgan fingerprint density at radius 2 is 0.964 bits per heavy atom. The van der Waals surface area contributed by atoms with Crippen molar-refractivity contribution in [2.45, 2.75) is 35.8 Å². The number of rotatable bonds is 9. The van der Waals surface area contributed by atoms with E-state index in [0.29, 0.717) is 0 Å². The van der Waals surface area contributed by atoms with Crippen molar-refractivity contribution in [3.05, 3.63) is 59.7 Å². The molecule has 8 nitrogen and oxygen atoms in total. The predicted octanol–water partition coefficient (Wildman–Crippen LogP) is 1.14. The van der Waals surface area contributed by atoms with Crippen LogP contribution in [-0.4, -0.2) is 52.5 Å². The van der Waals surface area contributed by atoms with E-state index in [1.807, 2.05) is 0 Å². The first-order valence-corrected chi connectivity index (χ1v) is 11.1. The number of hydrogen-bond acceptors (Lipinski definition) is 8. The van der Waals surface area contributed by atoms with Crippen LogP contribution in [0.25, 0.3) is 0 Å². The maximum absolute atomic E-state index is 12.1. The normalized spacial score (nSPS) is 14.6. The zero-order valence-electron chi connectivity index (χ0n) is 15.3. The van der Waals surface area contributed by atoms with Crippen LogP contribution in [0.3, 0.4) is 0 Å². The summed E-state index contributed by atoms with van der Waals surface area (Å²) in [5.41, 5.74) is 1.72. The lowest BCUT2D eigenvalue weighted by atomic mass is 10.2. The third kappa shape index (κ3) is 6.09. The molecule has 0 spiro atoms. The molecule has 10 heteroatoms. The zero-order valence-corrected chi connectivity index (χ0v) is 17.0. The second-order valence-electron chi connectivity index (χ2n) is 6.24. The Bertz CT molecular complexity index is 897. The first kappa shape index (κ1) is 22.5. The van der Waals surface area contributed by atoms with Crippen LogP contribution < -0.4 is 0 Å². The summed E-state index contributed by atoms with van der Waals surface area (Å²) in [4.78, 5) is -0.198. The van der Waals surface area contributed by atoms with E-state index in [1.165, 1.54) is 24.3 Å². The fourth-order valence-electron chi connectivity index (χ4n) is 2.09. The zero-order chi connectivity index (χ0) is 20.9. The smallest absolute Gasteiger partial charge is 0.297 e. The molecule has 0 aliphatic carbocycles. The molecule has 0 aromatic heterocycles. The topological polar surface area (TPSA) is 127 Å². The minimum atomic E-state index is -4.13. The van der Waals surface area contributed by atoms with E-state index in [4.69, 9.17) is 8.37 Å². The molecule has 28 heavy (non-hydrogen) atoms. The summed E-state index contributed by atoms with van der Waals surface area (Å²) < 4.78 is 57.7. The third-order valence-corrected chi connectivity index (χ3v) is 6.44. The van der Waals surface area contributed by atoms with Gasteiger partial charge in [-0.25, -0.2) is 0 Å². The Balaban J connectivity index is 1.91. The van der Waals surface area contributed by atoms with E-state index in [0.717, 1.165) is 11.1 Å². The highest BCUT2D eigenvalue weighted by molar-refractivity contribution is 7.87. The third-order valence-electron chi connectivity index (χ3n) is 3.85. The lowest BCUT2D eigenvalue weighted by Crippen LogP contribution is -2.35. The van der Waals surface area contributed by atoms with Crippen LogP contribution in [0, 0.1) is 13.8 Å². The summed E-state index contributed by atoms with van der Waals surface area (Å²) >= 11 is 0. The van der Waals surface area contributed by atoms with E-state index in [1.54, 1.807) is 38.1 Å². The molecule has 0 aliphatic rings. The van der Waals surface area contributed by atoms with Gasteiger partial charge in [-0.2, -0.15) is 16.8 Å². The maximum Gasteiger partial charge on any atom is 0.297 e. The van der Waals surface area contributed by atoms with Gasteiger partial charge in [0.2, 0.25) is 0 Å². The van der Waals surface area contributed by atoms with E-state index in [9.17, 15) is 27.0 Å². The van der Waals surface area contributed by atoms with Crippen LogP contribution in [0.4, 0.5) is 0 Å². The molecule has 2 aromatic carbocycles. The molecule has 0 unspecified atom stereocenters. The molecule has 2 aromatic rings. The van der Waals surface area contributed by atoms with Crippen LogP contribution in [-0.2, 0) is 28.6 Å². The van der Waals surface area contributed by atoms with Gasteiger partial charge < -0.3 is 10.2 Å². The number of aliphatic hydroxyl groups excluding tert-OH is 2. The van der Waals surface area contributed by atoms with Gasteiger partial charge >= 0.3 is 0 Å². The van der Waals surface area contributed by atoms with Crippen molar-refractivity contribution in [3.63, 3.8) is 0 Å². The van der Waals surface area contributed by atoms with Crippen LogP contribution in [0.1, 0.15) is 11.1 Å². The van der Waals surface area contributed by atoms with Gasteiger partial charge in [0.15, 0.2) is 0 Å². The number of benzene rings is 2. The molecule has 0 radical (unpaired) electrons. The van der Waals surface area contributed by atoms with Gasteiger partial charge in [0.1, 0.15) is 12.2 Å². The molecular weight excluding hydrogens is 408 g/mol. The Hall–Kier alpha value is -1.82. The largest absolute Gasteiger partial charge is 0.388 e. The van der Waals surface area contributed by atoms with Crippen molar-refractivity contribution in [1.29, 1.82) is 0 Å². The fraction of sp³-hybridized carbons (Fsp3) is 0.333. The van der Waals surface area contributed by atoms with E-state index in [2.05, 4.69) is 0 Å². The molecule has 2 rings (SSSR count). The molecule has 0 aliphatic heterocycles. The Morgan fingerprint density at radius 3 is 1.25 bits per heavy atom. The number of hydrogen-bond donors (Lipinski definition) is 2. The lowest BCUT2D eigenvalue weighted by Gasteiger charge is -2.17. The van der Waals surface area contributed by atoms with Crippen LogP contribution in [0.15, 0.2) is 58.3 Å². The summed E-state index contributed by atoms with van der Waals surface area (Å²) in [6, 6.07) is 11.8. The summed E-state index contributed by atoms with van der Waals surface area (Å²) in [5, 5.41) is 19.7. The van der Waals surface area contributed by atoms with E-state index in [-0.39, 0.29) is 9.79 Å². The summed E-state index contributed by atoms with van der Waals surface area (Å²) in [6.45, 7) is 2.07. The first-order valence-electron chi connectivity index (χ1n) is 8.29. The molecule has 0 bridgehead atoms. The highest BCUT2D eigenvalue weighted by atomic mass is 32.2. The number of aryl methyl sites for hydroxylation is 2. The van der Waals surface area contributed by atoms with Crippen molar-refractivity contribution in [1.82, 2.24) is 0 Å². The monoisotopic (exact) mass is 430 g/mol. The Labute approximate surface area is 164 Å². The summed E-state index contributed by atoms with van der Waals surface area (Å²) in [5.74, 6) is 0. The molecular formula is C18H22O8S2. The maximum atomic E-state index is 12.1. The van der Waals surface area contributed by atoms with E-state index >= 15 is 0 Å². The molecule has 2 N–H and O–H groups in total. The van der Waals surface area contributed by atoms with Crippen molar-refractivity contribution in [2.75, 3.05) is 13.2 Å². The van der Waals surface area contributed by atoms with Crippen molar-refractivity contribution in [2.24, 2.45) is 0 Å². The van der Waals surface area contributed by atoms with Gasteiger partial charge in [-0.05, 0) is 38.1 Å². The highest BCUT2D eigenvalue weighted by Gasteiger charge is 2.25. The first-order chi connectivity index (χ1) is 13.0. The molecule has 0 saturated heterocycles. The SMILES string of the molecule is Cc1ccc(S(=O)(=O)OC[C@@H](O)[C@H](O)COS(=O)(=O)c2ccc(C)cc2)cc1. The average molecular weight is 431 g/mol. The summed E-state index contributed by atoms with van der Waals surface area (Å²) in [7, 11) is -8.25. The van der Waals surface area contributed by atoms with Crippen LogP contribution in [0.2, 0.25) is 0 Å². The van der Waals surface area contributed by atoms with Crippen molar-refractivity contribution < 1.29 is 35.4 Å². The molecule has 2 atom stereocenters. The molecule has 0 saturated carbocycles. The molecule has 0 heterocycles. The van der Waals surface area contributed by atoms with Gasteiger partial charge in [0.25, 0.3) is 20.2 Å². The van der Waals surface area contributed by atoms with Crippen molar-refractivity contribution >= 4 is 20.2 Å². The quantitative estimate of drug-likeness (QED) is 0.567. The van der Waals surface area contributed by atoms with Gasteiger partial charge in [0.05, 0.1) is 23.0 Å². The van der Waals surface area contributed by atoms with Crippen LogP contribution >= 0.6 is 0 Å². The fourth-order valence-corrected chi connectivity index (χ4v) is 3.93. The minimum absolute atomic E-state index is 0.0991. The average Bonchev–Trinajstić information content (AvgIpc) is 2.65. The molecule has 154 valence electrons. The minimum Gasteiger partial charge on any atom is -0.388 e. The molecule has 0 amide bonds. The summed E-state index contributed by atoms with van der Waals surface area (Å²) in [6.07, 6.45) is -3.35. The van der Waals surface area contributed by atoms with Gasteiger partial charge in [-0.15, -0.1) is 0 Å². The number of aliphatic hydroxyl groups is 2. The van der Waals surface area contributed by atoms with Gasteiger partial charge in [-0.3, -0.25) is 8.37 Å². The Morgan fingerprint density at radius 1 is 0.679 bits per heavy atom. The van der Waals surface area contributed by atoms with Crippen LogP contribution in [0.5, 0.6) is 0 Å². The van der Waals surface area contributed by atoms with E-state index < -0.39 is 45.7 Å². The lowest BCUT2D eigenvalue weighted by molar-refractivity contribution is -0.0267. The standard InChI is InChI=1S/C18H22O8S2/c1-13-3-7-15(8-4-13)27(21,22)25-11-17(19)18(20)12-26-28(23,24)16-9-5-14(2)6-10-16/h3-10,17-20H,11-12H2,1-2H3/t17-,18-/m1/s1. The van der Waals surface area contributed by atoms with Crippen molar-refractivity contribution in [3.8, 4) is 0 Å². The molecule has 0 fully saturated rings. The van der Waals surface area contributed by atoms with Gasteiger partial charge in [-0.1, -0.05) is 35.4 Å². The second-order valence-corrected chi connectivity index (χ2v) is 9.47. The highest BCUT2D eigenvalue weighted by Crippen LogP contribution is 2.16. The second kappa shape index (κ2) is 9.12. The predicted molar refractivity (Wildman–Crippen MR) is 101 cm³/mol.